The highest BCUT2D eigenvalue weighted by Gasteiger charge is 2.39. The minimum atomic E-state index is 0.0625. The van der Waals surface area contributed by atoms with Crippen LogP contribution in [0.15, 0.2) is 0 Å². The largest absolute Gasteiger partial charge is 0.466 e. The zero-order chi connectivity index (χ0) is 10.7. The van der Waals surface area contributed by atoms with Gasteiger partial charge in [0.1, 0.15) is 0 Å². The lowest BCUT2D eigenvalue weighted by Gasteiger charge is -2.23. The minimum absolute atomic E-state index is 0.0625. The Morgan fingerprint density at radius 1 is 1.33 bits per heavy atom. The number of carbonyl (C=O) groups is 1. The molecule has 3 atom stereocenters. The highest BCUT2D eigenvalue weighted by molar-refractivity contribution is 8.00. The molecule has 0 radical (unpaired) electrons. The third kappa shape index (κ3) is 2.49. The predicted octanol–water partition coefficient (Wildman–Crippen LogP) is 2.86. The molecule has 1 aliphatic carbocycles. The van der Waals surface area contributed by atoms with Crippen molar-refractivity contribution in [3.8, 4) is 0 Å². The van der Waals surface area contributed by atoms with Crippen molar-refractivity contribution >= 4 is 17.7 Å². The van der Waals surface area contributed by atoms with Gasteiger partial charge in [-0.05, 0) is 44.3 Å². The molecule has 2 aliphatic rings. The van der Waals surface area contributed by atoms with Crippen LogP contribution in [0.3, 0.4) is 0 Å². The van der Waals surface area contributed by atoms with Crippen LogP contribution >= 0.6 is 11.8 Å². The van der Waals surface area contributed by atoms with Gasteiger partial charge < -0.3 is 4.74 Å². The topological polar surface area (TPSA) is 26.3 Å². The zero-order valence-electron chi connectivity index (χ0n) is 9.41. The summed E-state index contributed by atoms with van der Waals surface area (Å²) in [7, 11) is 0. The second-order valence-corrected chi connectivity index (χ2v) is 5.85. The Balaban J connectivity index is 1.94. The molecule has 1 aliphatic heterocycles. The summed E-state index contributed by atoms with van der Waals surface area (Å²) < 4.78 is 5.17. The Kier molecular flexibility index (Phi) is 3.95. The van der Waals surface area contributed by atoms with E-state index in [1.54, 1.807) is 0 Å². The lowest BCUT2D eigenvalue weighted by molar-refractivity contribution is -0.149. The van der Waals surface area contributed by atoms with Gasteiger partial charge >= 0.3 is 5.97 Å². The molecule has 0 aromatic heterocycles. The fourth-order valence-corrected chi connectivity index (χ4v) is 4.46. The predicted molar refractivity (Wildman–Crippen MR) is 62.9 cm³/mol. The normalized spacial score (nSPS) is 35.7. The van der Waals surface area contributed by atoms with Crippen molar-refractivity contribution in [2.75, 3.05) is 12.4 Å². The second kappa shape index (κ2) is 5.24. The highest BCUT2D eigenvalue weighted by atomic mass is 32.2. The minimum Gasteiger partial charge on any atom is -0.466 e. The first-order valence-corrected chi connectivity index (χ1v) is 7.16. The van der Waals surface area contributed by atoms with Crippen LogP contribution in [0.2, 0.25) is 0 Å². The van der Waals surface area contributed by atoms with Crippen LogP contribution in [-0.2, 0) is 9.53 Å². The van der Waals surface area contributed by atoms with Gasteiger partial charge in [0.25, 0.3) is 0 Å². The standard InChI is InChI=1S/C12H20O2S/c1-2-14-12(13)10-6-3-5-9(10)11-7-4-8-15-11/h9-11H,2-8H2,1H3/t9?,10-,11?/m1/s1. The Morgan fingerprint density at radius 2 is 2.20 bits per heavy atom. The molecule has 0 aromatic carbocycles. The lowest BCUT2D eigenvalue weighted by Crippen LogP contribution is -2.27. The SMILES string of the molecule is CCOC(=O)[C@@H]1CCCC1C1CCCS1. The van der Waals surface area contributed by atoms with Gasteiger partial charge in [-0.3, -0.25) is 4.79 Å². The van der Waals surface area contributed by atoms with E-state index in [1.165, 1.54) is 31.4 Å². The first-order valence-electron chi connectivity index (χ1n) is 6.11. The van der Waals surface area contributed by atoms with E-state index >= 15 is 0 Å². The number of thioether (sulfide) groups is 1. The fraction of sp³-hybridized carbons (Fsp3) is 0.917. The Bertz CT molecular complexity index is 224. The van der Waals surface area contributed by atoms with Gasteiger partial charge in [0, 0.05) is 5.25 Å². The maximum absolute atomic E-state index is 11.8. The number of esters is 1. The number of rotatable bonds is 3. The molecule has 2 unspecified atom stereocenters. The molecule has 0 spiro atoms. The average Bonchev–Trinajstić information content (AvgIpc) is 2.88. The molecule has 0 aromatic rings. The molecule has 2 rings (SSSR count). The van der Waals surface area contributed by atoms with Gasteiger partial charge in [0.05, 0.1) is 12.5 Å². The summed E-state index contributed by atoms with van der Waals surface area (Å²) in [5.74, 6) is 2.17. The number of ether oxygens (including phenoxy) is 1. The third-order valence-electron chi connectivity index (χ3n) is 3.60. The van der Waals surface area contributed by atoms with E-state index in [2.05, 4.69) is 11.8 Å². The number of hydrogen-bond donors (Lipinski definition) is 0. The van der Waals surface area contributed by atoms with E-state index in [-0.39, 0.29) is 11.9 Å². The average molecular weight is 228 g/mol. The summed E-state index contributed by atoms with van der Waals surface area (Å²) in [6, 6.07) is 0. The molecule has 0 amide bonds. The fourth-order valence-electron chi connectivity index (χ4n) is 2.92. The van der Waals surface area contributed by atoms with E-state index in [1.807, 2.05) is 6.92 Å². The van der Waals surface area contributed by atoms with Crippen LogP contribution in [0.4, 0.5) is 0 Å². The van der Waals surface area contributed by atoms with Crippen molar-refractivity contribution in [3.63, 3.8) is 0 Å². The van der Waals surface area contributed by atoms with E-state index in [9.17, 15) is 4.79 Å². The van der Waals surface area contributed by atoms with Gasteiger partial charge in [-0.15, -0.1) is 0 Å². The second-order valence-electron chi connectivity index (χ2n) is 4.50. The van der Waals surface area contributed by atoms with E-state index in [0.717, 1.165) is 11.7 Å². The van der Waals surface area contributed by atoms with E-state index in [0.29, 0.717) is 12.5 Å². The lowest BCUT2D eigenvalue weighted by atomic mass is 9.91. The Morgan fingerprint density at radius 3 is 2.87 bits per heavy atom. The summed E-state index contributed by atoms with van der Waals surface area (Å²) >= 11 is 2.07. The van der Waals surface area contributed by atoms with Crippen molar-refractivity contribution in [2.45, 2.75) is 44.3 Å². The first kappa shape index (κ1) is 11.3. The third-order valence-corrected chi connectivity index (χ3v) is 5.14. The van der Waals surface area contributed by atoms with Gasteiger partial charge in [-0.1, -0.05) is 6.42 Å². The van der Waals surface area contributed by atoms with Crippen molar-refractivity contribution in [1.29, 1.82) is 0 Å². The smallest absolute Gasteiger partial charge is 0.309 e. The summed E-state index contributed by atoms with van der Waals surface area (Å²) in [6.07, 6.45) is 6.15. The Hall–Kier alpha value is -0.180. The molecule has 0 N–H and O–H groups in total. The molecule has 3 heteroatoms. The number of hydrogen-bond acceptors (Lipinski definition) is 3. The molecule has 0 bridgehead atoms. The summed E-state index contributed by atoms with van der Waals surface area (Å²) in [4.78, 5) is 11.8. The molecule has 15 heavy (non-hydrogen) atoms. The van der Waals surface area contributed by atoms with Crippen LogP contribution in [-0.4, -0.2) is 23.6 Å². The van der Waals surface area contributed by atoms with Gasteiger partial charge in [-0.2, -0.15) is 11.8 Å². The maximum atomic E-state index is 11.8. The quantitative estimate of drug-likeness (QED) is 0.695. The van der Waals surface area contributed by atoms with Crippen LogP contribution in [0, 0.1) is 11.8 Å². The van der Waals surface area contributed by atoms with Gasteiger partial charge in [0.2, 0.25) is 0 Å². The first-order chi connectivity index (χ1) is 7.33. The van der Waals surface area contributed by atoms with Crippen LogP contribution in [0.25, 0.3) is 0 Å². The molecule has 1 saturated heterocycles. The van der Waals surface area contributed by atoms with Crippen LogP contribution in [0.5, 0.6) is 0 Å². The van der Waals surface area contributed by atoms with Gasteiger partial charge in [-0.25, -0.2) is 0 Å². The van der Waals surface area contributed by atoms with Crippen molar-refractivity contribution in [2.24, 2.45) is 11.8 Å². The van der Waals surface area contributed by atoms with E-state index in [4.69, 9.17) is 4.74 Å². The molecule has 2 fully saturated rings. The molecular weight excluding hydrogens is 208 g/mol. The summed E-state index contributed by atoms with van der Waals surface area (Å²) in [5, 5.41) is 0.738. The maximum Gasteiger partial charge on any atom is 0.309 e. The van der Waals surface area contributed by atoms with E-state index < -0.39 is 0 Å². The summed E-state index contributed by atoms with van der Waals surface area (Å²) in [5.41, 5.74) is 0. The molecule has 1 saturated carbocycles. The van der Waals surface area contributed by atoms with Gasteiger partial charge in [0.15, 0.2) is 0 Å². The summed E-state index contributed by atoms with van der Waals surface area (Å²) in [6.45, 7) is 2.42. The molecule has 86 valence electrons. The molecular formula is C12H20O2S. The Labute approximate surface area is 96.1 Å². The van der Waals surface area contributed by atoms with Crippen LogP contribution in [0.1, 0.15) is 39.0 Å². The van der Waals surface area contributed by atoms with Crippen LogP contribution < -0.4 is 0 Å². The van der Waals surface area contributed by atoms with Crippen molar-refractivity contribution in [1.82, 2.24) is 0 Å². The molecule has 1 heterocycles. The monoisotopic (exact) mass is 228 g/mol. The van der Waals surface area contributed by atoms with Crippen molar-refractivity contribution < 1.29 is 9.53 Å². The highest BCUT2D eigenvalue weighted by Crippen LogP contribution is 2.44. The molecule has 2 nitrogen and oxygen atoms in total. The van der Waals surface area contributed by atoms with Crippen molar-refractivity contribution in [3.05, 3.63) is 0 Å². The zero-order valence-corrected chi connectivity index (χ0v) is 10.2. The number of carbonyl (C=O) groups excluding carboxylic acids is 1.